The minimum atomic E-state index is -0.368. The van der Waals surface area contributed by atoms with E-state index in [0.29, 0.717) is 34.8 Å². The Kier molecular flexibility index (Phi) is 6.31. The summed E-state index contributed by atoms with van der Waals surface area (Å²) >= 11 is 0. The number of rotatable bonds is 7. The first kappa shape index (κ1) is 22.0. The predicted molar refractivity (Wildman–Crippen MR) is 125 cm³/mol. The zero-order valence-electron chi connectivity index (χ0n) is 18.5. The molecule has 0 aliphatic carbocycles. The number of amides is 3. The fourth-order valence-corrected chi connectivity index (χ4v) is 3.83. The Hall–Kier alpha value is -4.26. The number of aromatic nitrogens is 1. The summed E-state index contributed by atoms with van der Waals surface area (Å²) in [6.45, 7) is 2.00. The van der Waals surface area contributed by atoms with E-state index in [-0.39, 0.29) is 24.3 Å². The molecule has 0 fully saturated rings. The number of imide groups is 1. The lowest BCUT2D eigenvalue weighted by Gasteiger charge is -2.21. The maximum absolute atomic E-state index is 13.5. The minimum absolute atomic E-state index is 0.0919. The van der Waals surface area contributed by atoms with E-state index in [4.69, 9.17) is 0 Å². The van der Waals surface area contributed by atoms with Gasteiger partial charge in [0.2, 0.25) is 5.91 Å². The molecule has 0 spiro atoms. The highest BCUT2D eigenvalue weighted by Gasteiger charge is 2.40. The summed E-state index contributed by atoms with van der Waals surface area (Å²) in [4.78, 5) is 45.6. The Morgan fingerprint density at radius 2 is 1.64 bits per heavy atom. The lowest BCUT2D eigenvalue weighted by molar-refractivity contribution is -0.138. The molecule has 0 radical (unpaired) electrons. The largest absolute Gasteiger partial charge is 0.365 e. The summed E-state index contributed by atoms with van der Waals surface area (Å²) in [5.41, 5.74) is 3.56. The number of carbonyl (C=O) groups excluding carboxylic acids is 3. The molecule has 2 heterocycles. The Morgan fingerprint density at radius 1 is 0.939 bits per heavy atom. The number of nitrogens with one attached hydrogen (secondary N) is 1. The number of anilines is 1. The van der Waals surface area contributed by atoms with E-state index in [1.165, 1.54) is 11.8 Å². The van der Waals surface area contributed by atoms with Crippen molar-refractivity contribution in [2.75, 3.05) is 12.4 Å². The summed E-state index contributed by atoms with van der Waals surface area (Å²) in [5, 5.41) is 2.71. The fraction of sp³-hybridized carbons (Fsp3) is 0.154. The van der Waals surface area contributed by atoms with Crippen molar-refractivity contribution in [3.05, 3.63) is 102 Å². The first-order chi connectivity index (χ1) is 15.9. The van der Waals surface area contributed by atoms with Gasteiger partial charge < -0.3 is 10.2 Å². The van der Waals surface area contributed by atoms with E-state index in [2.05, 4.69) is 10.3 Å². The van der Waals surface area contributed by atoms with Crippen molar-refractivity contribution in [2.24, 2.45) is 0 Å². The molecule has 7 heteroatoms. The summed E-state index contributed by atoms with van der Waals surface area (Å²) in [7, 11) is 1.81. The standard InChI is InChI=1S/C26H24N4O3/c1-18(31)28-21-13-11-20(12-14-21)23-24(29(2)16-19-8-4-3-5-9-19)26(33)30(25(23)32)17-22-10-6-7-15-27-22/h3-15H,16-17H2,1-2H3,(H,28,31). The zero-order chi connectivity index (χ0) is 23.4. The van der Waals surface area contributed by atoms with E-state index < -0.39 is 0 Å². The van der Waals surface area contributed by atoms with Gasteiger partial charge in [-0.25, -0.2) is 0 Å². The van der Waals surface area contributed by atoms with Crippen LogP contribution in [0.4, 0.5) is 5.69 Å². The van der Waals surface area contributed by atoms with Crippen LogP contribution in [0.3, 0.4) is 0 Å². The van der Waals surface area contributed by atoms with Gasteiger partial charge >= 0.3 is 0 Å². The summed E-state index contributed by atoms with van der Waals surface area (Å²) in [5.74, 6) is -0.906. The van der Waals surface area contributed by atoms with E-state index in [1.807, 2.05) is 48.3 Å². The molecule has 0 unspecified atom stereocenters. The normalized spacial score (nSPS) is 13.5. The van der Waals surface area contributed by atoms with Crippen LogP contribution >= 0.6 is 0 Å². The first-order valence-corrected chi connectivity index (χ1v) is 10.6. The lowest BCUT2D eigenvalue weighted by atomic mass is 10.0. The number of benzene rings is 2. The summed E-state index contributed by atoms with van der Waals surface area (Å²) in [6.07, 6.45) is 1.64. The third kappa shape index (κ3) is 4.82. The summed E-state index contributed by atoms with van der Waals surface area (Å²) in [6, 6.07) is 22.1. The highest BCUT2D eigenvalue weighted by Crippen LogP contribution is 2.33. The average Bonchev–Trinajstić information content (AvgIpc) is 3.05. The van der Waals surface area contributed by atoms with Gasteiger partial charge in [-0.2, -0.15) is 0 Å². The van der Waals surface area contributed by atoms with Gasteiger partial charge in [0.05, 0.1) is 17.8 Å². The van der Waals surface area contributed by atoms with E-state index in [0.717, 1.165) is 5.56 Å². The van der Waals surface area contributed by atoms with E-state index in [9.17, 15) is 14.4 Å². The smallest absolute Gasteiger partial charge is 0.278 e. The molecular formula is C26H24N4O3. The Bertz CT molecular complexity index is 1210. The van der Waals surface area contributed by atoms with Gasteiger partial charge in [0.15, 0.2) is 0 Å². The number of likely N-dealkylation sites (N-methyl/N-ethyl adjacent to an activating group) is 1. The predicted octanol–water partition coefficient (Wildman–Crippen LogP) is 3.45. The lowest BCUT2D eigenvalue weighted by Crippen LogP contribution is -2.33. The van der Waals surface area contributed by atoms with Crippen molar-refractivity contribution in [1.82, 2.24) is 14.8 Å². The maximum atomic E-state index is 13.5. The molecule has 1 aliphatic heterocycles. The van der Waals surface area contributed by atoms with Gasteiger partial charge in [-0.05, 0) is 35.4 Å². The molecule has 4 rings (SSSR count). The molecule has 0 saturated heterocycles. The second kappa shape index (κ2) is 9.48. The van der Waals surface area contributed by atoms with Gasteiger partial charge in [-0.15, -0.1) is 0 Å². The average molecular weight is 441 g/mol. The minimum Gasteiger partial charge on any atom is -0.365 e. The second-order valence-corrected chi connectivity index (χ2v) is 7.84. The second-order valence-electron chi connectivity index (χ2n) is 7.84. The van der Waals surface area contributed by atoms with Crippen molar-refractivity contribution in [3.63, 3.8) is 0 Å². The van der Waals surface area contributed by atoms with Crippen LogP contribution in [0, 0.1) is 0 Å². The molecule has 3 aromatic rings. The molecule has 0 bridgehead atoms. The zero-order valence-corrected chi connectivity index (χ0v) is 18.5. The van der Waals surface area contributed by atoms with Crippen LogP contribution in [-0.2, 0) is 27.5 Å². The number of nitrogens with zero attached hydrogens (tertiary/aromatic N) is 3. The Labute approximate surface area is 192 Å². The molecule has 2 aromatic carbocycles. The number of hydrogen-bond acceptors (Lipinski definition) is 5. The van der Waals surface area contributed by atoms with E-state index >= 15 is 0 Å². The molecule has 0 atom stereocenters. The third-order valence-corrected chi connectivity index (χ3v) is 5.33. The highest BCUT2D eigenvalue weighted by molar-refractivity contribution is 6.35. The van der Waals surface area contributed by atoms with Crippen molar-refractivity contribution in [2.45, 2.75) is 20.0 Å². The van der Waals surface area contributed by atoms with Crippen molar-refractivity contribution < 1.29 is 14.4 Å². The van der Waals surface area contributed by atoms with Crippen molar-refractivity contribution >= 4 is 29.0 Å². The third-order valence-electron chi connectivity index (χ3n) is 5.33. The van der Waals surface area contributed by atoms with Gasteiger partial charge in [0, 0.05) is 32.4 Å². The van der Waals surface area contributed by atoms with Gasteiger partial charge in [0.25, 0.3) is 11.8 Å². The Morgan fingerprint density at radius 3 is 2.27 bits per heavy atom. The molecular weight excluding hydrogens is 416 g/mol. The van der Waals surface area contributed by atoms with Crippen molar-refractivity contribution in [1.29, 1.82) is 0 Å². The van der Waals surface area contributed by atoms with Gasteiger partial charge in [0.1, 0.15) is 5.70 Å². The molecule has 1 aliphatic rings. The molecule has 33 heavy (non-hydrogen) atoms. The first-order valence-electron chi connectivity index (χ1n) is 10.6. The van der Waals surface area contributed by atoms with Crippen molar-refractivity contribution in [3.8, 4) is 0 Å². The van der Waals surface area contributed by atoms with Crippen LogP contribution in [-0.4, -0.2) is 39.6 Å². The SMILES string of the molecule is CC(=O)Nc1ccc(C2=C(N(C)Cc3ccccc3)C(=O)N(Cc3ccccn3)C2=O)cc1. The van der Waals surface area contributed by atoms with Gasteiger partial charge in [-0.3, -0.25) is 24.3 Å². The fourth-order valence-electron chi connectivity index (χ4n) is 3.83. The van der Waals surface area contributed by atoms with Crippen LogP contribution in [0.25, 0.3) is 5.57 Å². The quantitative estimate of drug-likeness (QED) is 0.569. The molecule has 1 N–H and O–H groups in total. The number of carbonyl (C=O) groups is 3. The van der Waals surface area contributed by atoms with Crippen LogP contribution in [0.1, 0.15) is 23.7 Å². The molecule has 166 valence electrons. The molecule has 7 nitrogen and oxygen atoms in total. The Balaban J connectivity index is 1.71. The van der Waals surface area contributed by atoms with E-state index in [1.54, 1.807) is 42.6 Å². The number of hydrogen-bond donors (Lipinski definition) is 1. The molecule has 0 saturated carbocycles. The number of pyridine rings is 1. The van der Waals surface area contributed by atoms with Crippen LogP contribution in [0.15, 0.2) is 84.7 Å². The van der Waals surface area contributed by atoms with Crippen LogP contribution < -0.4 is 5.32 Å². The summed E-state index contributed by atoms with van der Waals surface area (Å²) < 4.78 is 0. The monoisotopic (exact) mass is 440 g/mol. The topological polar surface area (TPSA) is 82.6 Å². The molecule has 1 aromatic heterocycles. The molecule has 3 amide bonds. The van der Waals surface area contributed by atoms with Crippen LogP contribution in [0.5, 0.6) is 0 Å². The van der Waals surface area contributed by atoms with Crippen LogP contribution in [0.2, 0.25) is 0 Å². The highest BCUT2D eigenvalue weighted by atomic mass is 16.2. The maximum Gasteiger partial charge on any atom is 0.278 e. The van der Waals surface area contributed by atoms with Gasteiger partial charge in [-0.1, -0.05) is 48.5 Å².